The number of aliphatic imine (C=N–C) groups is 1. The van der Waals surface area contributed by atoms with Gasteiger partial charge in [-0.3, -0.25) is 4.79 Å². The van der Waals surface area contributed by atoms with Crippen LogP contribution in [0.15, 0.2) is 58.9 Å². The van der Waals surface area contributed by atoms with Crippen molar-refractivity contribution in [2.24, 2.45) is 4.99 Å². The third-order valence-corrected chi connectivity index (χ3v) is 6.72. The van der Waals surface area contributed by atoms with Gasteiger partial charge in [-0.25, -0.2) is 4.99 Å². The number of ether oxygens (including phenoxy) is 1. The summed E-state index contributed by atoms with van der Waals surface area (Å²) in [7, 11) is 0. The standard InChI is InChI=1S/C25H25N3O2S/c1-16-7-9-21-19(13-16)24(26-20-8-6-17(2)14-22(20)30-21)27-10-11-28(18(3)15-27)25(29)23-5-4-12-31-23/h4-9,12-14,18H,10-11,15H2,1-3H3/t18-/m0/s1. The lowest BCUT2D eigenvalue weighted by Crippen LogP contribution is -2.55. The lowest BCUT2D eigenvalue weighted by atomic mass is 10.1. The van der Waals surface area contributed by atoms with Crippen LogP contribution in [-0.2, 0) is 0 Å². The molecule has 1 saturated heterocycles. The molecular formula is C25H25N3O2S. The number of fused-ring (bicyclic) bond motifs is 2. The first-order valence-corrected chi connectivity index (χ1v) is 11.5. The maximum Gasteiger partial charge on any atom is 0.264 e. The SMILES string of the molecule is Cc1ccc2c(c1)Oc1ccc(C)cc1C(N1CCN(C(=O)c3cccs3)[C@@H](C)C1)=N2. The van der Waals surface area contributed by atoms with E-state index in [0.29, 0.717) is 6.54 Å². The molecule has 0 N–H and O–H groups in total. The highest BCUT2D eigenvalue weighted by molar-refractivity contribution is 7.12. The van der Waals surface area contributed by atoms with Crippen molar-refractivity contribution in [3.8, 4) is 11.5 Å². The number of benzene rings is 2. The zero-order valence-electron chi connectivity index (χ0n) is 18.0. The molecule has 2 aliphatic heterocycles. The van der Waals surface area contributed by atoms with Gasteiger partial charge in [0.1, 0.15) is 17.3 Å². The molecule has 0 unspecified atom stereocenters. The van der Waals surface area contributed by atoms with Gasteiger partial charge in [0, 0.05) is 25.7 Å². The fourth-order valence-electron chi connectivity index (χ4n) is 4.23. The number of amides is 1. The van der Waals surface area contributed by atoms with Crippen LogP contribution in [0.2, 0.25) is 0 Å². The van der Waals surface area contributed by atoms with Crippen LogP contribution >= 0.6 is 11.3 Å². The lowest BCUT2D eigenvalue weighted by molar-refractivity contribution is 0.0586. The Morgan fingerprint density at radius 2 is 1.87 bits per heavy atom. The summed E-state index contributed by atoms with van der Waals surface area (Å²) in [4.78, 5) is 23.0. The summed E-state index contributed by atoms with van der Waals surface area (Å²) >= 11 is 1.50. The van der Waals surface area contributed by atoms with E-state index in [1.165, 1.54) is 11.3 Å². The van der Waals surface area contributed by atoms with Gasteiger partial charge in [0.05, 0.1) is 10.4 Å². The molecule has 0 spiro atoms. The third-order valence-electron chi connectivity index (χ3n) is 5.86. The first kappa shape index (κ1) is 19.8. The van der Waals surface area contributed by atoms with E-state index in [-0.39, 0.29) is 11.9 Å². The molecule has 2 aliphatic rings. The van der Waals surface area contributed by atoms with E-state index in [4.69, 9.17) is 9.73 Å². The van der Waals surface area contributed by atoms with Crippen molar-refractivity contribution >= 4 is 28.8 Å². The summed E-state index contributed by atoms with van der Waals surface area (Å²) in [6.45, 7) is 8.38. The molecule has 0 aliphatic carbocycles. The Labute approximate surface area is 186 Å². The van der Waals surface area contributed by atoms with Gasteiger partial charge in [0.25, 0.3) is 5.91 Å². The van der Waals surface area contributed by atoms with Crippen LogP contribution in [0.25, 0.3) is 0 Å². The van der Waals surface area contributed by atoms with Crippen molar-refractivity contribution in [1.82, 2.24) is 9.80 Å². The van der Waals surface area contributed by atoms with Gasteiger partial charge in [-0.2, -0.15) is 0 Å². The first-order valence-electron chi connectivity index (χ1n) is 10.6. The average Bonchev–Trinajstić information content (AvgIpc) is 3.24. The van der Waals surface area contributed by atoms with E-state index in [1.807, 2.05) is 40.6 Å². The van der Waals surface area contributed by atoms with Gasteiger partial charge in [0.2, 0.25) is 0 Å². The zero-order chi connectivity index (χ0) is 21.5. The average molecular weight is 432 g/mol. The third kappa shape index (κ3) is 3.72. The Balaban J connectivity index is 1.49. The second-order valence-electron chi connectivity index (χ2n) is 8.28. The molecule has 5 rings (SSSR count). The number of aryl methyl sites for hydroxylation is 2. The molecule has 31 heavy (non-hydrogen) atoms. The van der Waals surface area contributed by atoms with E-state index >= 15 is 0 Å². The molecule has 5 nitrogen and oxygen atoms in total. The van der Waals surface area contributed by atoms with Crippen molar-refractivity contribution in [1.29, 1.82) is 0 Å². The highest BCUT2D eigenvalue weighted by Crippen LogP contribution is 2.39. The number of piperazine rings is 1. The van der Waals surface area contributed by atoms with Crippen LogP contribution in [0.5, 0.6) is 11.5 Å². The molecule has 1 aromatic heterocycles. The van der Waals surface area contributed by atoms with Crippen molar-refractivity contribution < 1.29 is 9.53 Å². The Hall–Kier alpha value is -3.12. The minimum atomic E-state index is 0.0842. The molecule has 3 heterocycles. The Bertz CT molecular complexity index is 1170. The first-order chi connectivity index (χ1) is 15.0. The zero-order valence-corrected chi connectivity index (χ0v) is 18.8. The number of thiophene rings is 1. The smallest absolute Gasteiger partial charge is 0.264 e. The summed E-state index contributed by atoms with van der Waals surface area (Å²) in [5, 5.41) is 1.95. The minimum absolute atomic E-state index is 0.0842. The van der Waals surface area contributed by atoms with Crippen LogP contribution < -0.4 is 4.74 Å². The van der Waals surface area contributed by atoms with Crippen molar-refractivity contribution in [3.63, 3.8) is 0 Å². The van der Waals surface area contributed by atoms with E-state index < -0.39 is 0 Å². The largest absolute Gasteiger partial charge is 0.454 e. The van der Waals surface area contributed by atoms with Gasteiger partial charge in [-0.15, -0.1) is 11.3 Å². The highest BCUT2D eigenvalue weighted by Gasteiger charge is 2.32. The fraction of sp³-hybridized carbons (Fsp3) is 0.280. The summed E-state index contributed by atoms with van der Waals surface area (Å²) in [6.07, 6.45) is 0. The van der Waals surface area contributed by atoms with Gasteiger partial charge in [-0.1, -0.05) is 23.8 Å². The monoisotopic (exact) mass is 431 g/mol. The van der Waals surface area contributed by atoms with Crippen molar-refractivity contribution in [3.05, 3.63) is 75.5 Å². The number of hydrogen-bond donors (Lipinski definition) is 0. The molecule has 158 valence electrons. The van der Waals surface area contributed by atoms with Gasteiger partial charge in [0.15, 0.2) is 5.75 Å². The topological polar surface area (TPSA) is 45.1 Å². The van der Waals surface area contributed by atoms with Gasteiger partial charge >= 0.3 is 0 Å². The normalized spacial score (nSPS) is 17.9. The van der Waals surface area contributed by atoms with Crippen LogP contribution in [0.4, 0.5) is 5.69 Å². The molecule has 0 bridgehead atoms. The molecule has 0 radical (unpaired) electrons. The van der Waals surface area contributed by atoms with Gasteiger partial charge in [-0.05, 0) is 62.0 Å². The molecule has 1 atom stereocenters. The Morgan fingerprint density at radius 1 is 1.06 bits per heavy atom. The number of rotatable bonds is 1. The minimum Gasteiger partial charge on any atom is -0.454 e. The van der Waals surface area contributed by atoms with E-state index in [2.05, 4.69) is 43.9 Å². The second kappa shape index (κ2) is 7.85. The van der Waals surface area contributed by atoms with Crippen LogP contribution in [0.3, 0.4) is 0 Å². The van der Waals surface area contributed by atoms with Gasteiger partial charge < -0.3 is 14.5 Å². The summed E-state index contributed by atoms with van der Waals surface area (Å²) in [5.41, 5.74) is 4.13. The van der Waals surface area contributed by atoms with Crippen molar-refractivity contribution in [2.75, 3.05) is 19.6 Å². The van der Waals surface area contributed by atoms with Crippen LogP contribution in [0.1, 0.15) is 33.3 Å². The summed E-state index contributed by atoms with van der Waals surface area (Å²) < 4.78 is 6.29. The predicted octanol–water partition coefficient (Wildman–Crippen LogP) is 5.40. The maximum atomic E-state index is 12.9. The molecule has 1 amide bonds. The lowest BCUT2D eigenvalue weighted by Gasteiger charge is -2.41. The Morgan fingerprint density at radius 3 is 2.65 bits per heavy atom. The van der Waals surface area contributed by atoms with Crippen LogP contribution in [0, 0.1) is 13.8 Å². The molecule has 2 aromatic carbocycles. The van der Waals surface area contributed by atoms with Crippen molar-refractivity contribution in [2.45, 2.75) is 26.8 Å². The second-order valence-corrected chi connectivity index (χ2v) is 9.23. The van der Waals surface area contributed by atoms with E-state index in [9.17, 15) is 4.79 Å². The molecule has 3 aromatic rings. The highest BCUT2D eigenvalue weighted by atomic mass is 32.1. The maximum absolute atomic E-state index is 12.9. The number of hydrogen-bond acceptors (Lipinski definition) is 5. The molecule has 1 fully saturated rings. The molecule has 0 saturated carbocycles. The van der Waals surface area contributed by atoms with Crippen LogP contribution in [-0.4, -0.2) is 47.2 Å². The van der Waals surface area contributed by atoms with E-state index in [1.54, 1.807) is 0 Å². The number of carbonyl (C=O) groups is 1. The Kier molecular flexibility index (Phi) is 5.02. The number of nitrogens with zero attached hydrogens (tertiary/aromatic N) is 3. The number of carbonyl (C=O) groups excluding carboxylic acids is 1. The predicted molar refractivity (Wildman–Crippen MR) is 125 cm³/mol. The quantitative estimate of drug-likeness (QED) is 0.519. The van der Waals surface area contributed by atoms with E-state index in [0.717, 1.165) is 57.7 Å². The fourth-order valence-corrected chi connectivity index (χ4v) is 4.91. The molecular weight excluding hydrogens is 406 g/mol. The molecule has 6 heteroatoms. The number of amidine groups is 1. The summed E-state index contributed by atoms with van der Waals surface area (Å²) in [5.74, 6) is 2.62. The summed E-state index contributed by atoms with van der Waals surface area (Å²) in [6, 6.07) is 16.3.